The second-order valence-electron chi connectivity index (χ2n) is 7.08. The Hall–Kier alpha value is -2.13. The SMILES string of the molecule is CONC(=O)C1C(C)CC1c1ccc(C)cc1.Cc1ccc(C)cc1. The molecule has 3 unspecified atom stereocenters. The topological polar surface area (TPSA) is 38.3 Å². The zero-order chi connectivity index (χ0) is 18.4. The van der Waals surface area contributed by atoms with Gasteiger partial charge in [-0.25, -0.2) is 5.48 Å². The third-order valence-electron chi connectivity index (χ3n) is 4.90. The lowest BCUT2D eigenvalue weighted by Gasteiger charge is -2.41. The van der Waals surface area contributed by atoms with E-state index in [1.54, 1.807) is 0 Å². The van der Waals surface area contributed by atoms with Gasteiger partial charge in [0, 0.05) is 5.92 Å². The average Bonchev–Trinajstić information content (AvgIpc) is 2.57. The van der Waals surface area contributed by atoms with E-state index in [2.05, 4.69) is 81.7 Å². The fourth-order valence-corrected chi connectivity index (χ4v) is 3.30. The molecule has 3 atom stereocenters. The summed E-state index contributed by atoms with van der Waals surface area (Å²) in [5, 5.41) is 0. The van der Waals surface area contributed by atoms with E-state index in [0.29, 0.717) is 11.8 Å². The first-order valence-corrected chi connectivity index (χ1v) is 8.85. The van der Waals surface area contributed by atoms with Crippen molar-refractivity contribution in [1.82, 2.24) is 5.48 Å². The minimum Gasteiger partial charge on any atom is -0.277 e. The van der Waals surface area contributed by atoms with E-state index in [0.717, 1.165) is 6.42 Å². The summed E-state index contributed by atoms with van der Waals surface area (Å²) in [6, 6.07) is 16.9. The van der Waals surface area contributed by atoms with Gasteiger partial charge in [-0.2, -0.15) is 0 Å². The molecule has 1 amide bonds. The lowest BCUT2D eigenvalue weighted by Crippen LogP contribution is -2.44. The summed E-state index contributed by atoms with van der Waals surface area (Å²) >= 11 is 0. The van der Waals surface area contributed by atoms with E-state index in [-0.39, 0.29) is 11.8 Å². The minimum atomic E-state index is -0.00294. The van der Waals surface area contributed by atoms with Crippen molar-refractivity contribution in [2.75, 3.05) is 7.11 Å². The Morgan fingerprint density at radius 2 is 1.36 bits per heavy atom. The number of nitrogens with one attached hydrogen (secondary N) is 1. The van der Waals surface area contributed by atoms with E-state index >= 15 is 0 Å². The van der Waals surface area contributed by atoms with Gasteiger partial charge in [-0.05, 0) is 44.6 Å². The first kappa shape index (κ1) is 19.2. The summed E-state index contributed by atoms with van der Waals surface area (Å²) in [4.78, 5) is 16.6. The molecule has 3 rings (SSSR count). The summed E-state index contributed by atoms with van der Waals surface area (Å²) < 4.78 is 0. The summed E-state index contributed by atoms with van der Waals surface area (Å²) in [5.41, 5.74) is 7.61. The molecule has 2 aromatic rings. The van der Waals surface area contributed by atoms with Crippen LogP contribution in [0.5, 0.6) is 0 Å². The number of rotatable bonds is 3. The van der Waals surface area contributed by atoms with Crippen LogP contribution in [0.1, 0.15) is 41.5 Å². The molecule has 0 aliphatic heterocycles. The highest BCUT2D eigenvalue weighted by Gasteiger charge is 2.43. The summed E-state index contributed by atoms with van der Waals surface area (Å²) in [7, 11) is 1.47. The molecule has 134 valence electrons. The van der Waals surface area contributed by atoms with Gasteiger partial charge in [0.1, 0.15) is 0 Å². The maximum atomic E-state index is 11.9. The molecule has 2 aromatic carbocycles. The maximum absolute atomic E-state index is 11.9. The second kappa shape index (κ2) is 8.82. The van der Waals surface area contributed by atoms with Crippen molar-refractivity contribution in [2.45, 2.75) is 40.0 Å². The molecule has 0 heterocycles. The fraction of sp³-hybridized carbons (Fsp3) is 0.409. The van der Waals surface area contributed by atoms with E-state index in [1.165, 1.54) is 29.4 Å². The van der Waals surface area contributed by atoms with Crippen LogP contribution in [-0.4, -0.2) is 13.0 Å². The van der Waals surface area contributed by atoms with Crippen molar-refractivity contribution in [1.29, 1.82) is 0 Å². The van der Waals surface area contributed by atoms with Gasteiger partial charge in [-0.1, -0.05) is 72.1 Å². The highest BCUT2D eigenvalue weighted by Crippen LogP contribution is 2.47. The number of hydroxylamine groups is 1. The molecule has 1 saturated carbocycles. The molecule has 25 heavy (non-hydrogen) atoms. The Morgan fingerprint density at radius 1 is 0.920 bits per heavy atom. The van der Waals surface area contributed by atoms with Crippen molar-refractivity contribution in [2.24, 2.45) is 11.8 Å². The molecule has 3 nitrogen and oxygen atoms in total. The maximum Gasteiger partial charge on any atom is 0.247 e. The van der Waals surface area contributed by atoms with Crippen LogP contribution in [-0.2, 0) is 9.63 Å². The molecule has 1 aliphatic carbocycles. The molecule has 0 aromatic heterocycles. The largest absolute Gasteiger partial charge is 0.277 e. The van der Waals surface area contributed by atoms with Gasteiger partial charge in [0.05, 0.1) is 7.11 Å². The fourth-order valence-electron chi connectivity index (χ4n) is 3.30. The van der Waals surface area contributed by atoms with Crippen LogP contribution in [0.4, 0.5) is 0 Å². The molecule has 0 radical (unpaired) electrons. The summed E-state index contributed by atoms with van der Waals surface area (Å²) in [5.74, 6) is 0.798. The highest BCUT2D eigenvalue weighted by molar-refractivity contribution is 5.80. The zero-order valence-electron chi connectivity index (χ0n) is 15.9. The van der Waals surface area contributed by atoms with Gasteiger partial charge in [0.25, 0.3) is 0 Å². The van der Waals surface area contributed by atoms with Gasteiger partial charge >= 0.3 is 0 Å². The van der Waals surface area contributed by atoms with Crippen LogP contribution in [0.15, 0.2) is 48.5 Å². The van der Waals surface area contributed by atoms with E-state index < -0.39 is 0 Å². The average molecular weight is 339 g/mol. The number of aryl methyl sites for hydroxylation is 3. The molecule has 1 fully saturated rings. The normalized spacial score (nSPS) is 21.6. The lowest BCUT2D eigenvalue weighted by atomic mass is 9.62. The van der Waals surface area contributed by atoms with Gasteiger partial charge in [0.15, 0.2) is 0 Å². The smallest absolute Gasteiger partial charge is 0.247 e. The predicted molar refractivity (Wildman–Crippen MR) is 102 cm³/mol. The first-order chi connectivity index (χ1) is 11.9. The van der Waals surface area contributed by atoms with Gasteiger partial charge < -0.3 is 0 Å². The lowest BCUT2D eigenvalue weighted by molar-refractivity contribution is -0.142. The quantitative estimate of drug-likeness (QED) is 0.822. The third kappa shape index (κ3) is 5.17. The molecule has 1 N–H and O–H groups in total. The number of hydrogen-bond acceptors (Lipinski definition) is 2. The van der Waals surface area contributed by atoms with E-state index in [9.17, 15) is 4.79 Å². The Kier molecular flexibility index (Phi) is 6.77. The Balaban J connectivity index is 0.000000236. The number of carbonyl (C=O) groups is 1. The third-order valence-corrected chi connectivity index (χ3v) is 4.90. The Morgan fingerprint density at radius 3 is 1.76 bits per heavy atom. The van der Waals surface area contributed by atoms with E-state index in [1.807, 2.05) is 0 Å². The van der Waals surface area contributed by atoms with Crippen LogP contribution in [0.3, 0.4) is 0 Å². The molecule has 0 bridgehead atoms. The van der Waals surface area contributed by atoms with Crippen LogP contribution in [0, 0.1) is 32.6 Å². The Bertz CT molecular complexity index is 655. The van der Waals surface area contributed by atoms with Gasteiger partial charge in [-0.15, -0.1) is 0 Å². The van der Waals surface area contributed by atoms with Gasteiger partial charge in [0.2, 0.25) is 5.91 Å². The minimum absolute atomic E-state index is 0.00294. The first-order valence-electron chi connectivity index (χ1n) is 8.85. The van der Waals surface area contributed by atoms with Crippen LogP contribution >= 0.6 is 0 Å². The predicted octanol–water partition coefficient (Wildman–Crippen LogP) is 4.72. The molecular formula is C22H29NO2. The van der Waals surface area contributed by atoms with Crippen molar-refractivity contribution >= 4 is 5.91 Å². The van der Waals surface area contributed by atoms with Crippen LogP contribution in [0.2, 0.25) is 0 Å². The summed E-state index contributed by atoms with van der Waals surface area (Å²) in [6.07, 6.45) is 1.07. The van der Waals surface area contributed by atoms with Crippen LogP contribution in [0.25, 0.3) is 0 Å². The Labute approximate surface area is 151 Å². The molecule has 1 aliphatic rings. The van der Waals surface area contributed by atoms with Crippen molar-refractivity contribution in [3.63, 3.8) is 0 Å². The number of hydrogen-bond donors (Lipinski definition) is 1. The molecular weight excluding hydrogens is 310 g/mol. The van der Waals surface area contributed by atoms with Gasteiger partial charge in [-0.3, -0.25) is 9.63 Å². The standard InChI is InChI=1S/C14H19NO2.C8H10/c1-9-4-6-11(7-5-9)12-8-10(2)13(12)14(16)15-17-3;1-7-3-5-8(2)6-4-7/h4-7,10,12-13H,8H2,1-3H3,(H,15,16);3-6H,1-2H3. The van der Waals surface area contributed by atoms with Crippen molar-refractivity contribution in [3.8, 4) is 0 Å². The number of benzene rings is 2. The summed E-state index contributed by atoms with van der Waals surface area (Å²) in [6.45, 7) is 8.38. The van der Waals surface area contributed by atoms with Crippen LogP contribution < -0.4 is 5.48 Å². The number of amides is 1. The van der Waals surface area contributed by atoms with Crippen molar-refractivity contribution < 1.29 is 9.63 Å². The molecule has 0 spiro atoms. The molecule has 0 saturated heterocycles. The highest BCUT2D eigenvalue weighted by atomic mass is 16.6. The zero-order valence-corrected chi connectivity index (χ0v) is 15.9. The number of carbonyl (C=O) groups excluding carboxylic acids is 1. The van der Waals surface area contributed by atoms with Crippen molar-refractivity contribution in [3.05, 3.63) is 70.8 Å². The second-order valence-corrected chi connectivity index (χ2v) is 7.08. The monoisotopic (exact) mass is 339 g/mol. The van der Waals surface area contributed by atoms with E-state index in [4.69, 9.17) is 4.84 Å². The molecule has 3 heteroatoms.